The number of nitrogens with zero attached hydrogens (tertiary/aromatic N) is 4. The van der Waals surface area contributed by atoms with Gasteiger partial charge in [-0.1, -0.05) is 33.1 Å². The smallest absolute Gasteiger partial charge is 0.226 e. The number of aldehydes is 1. The molecule has 2 aliphatic heterocycles. The summed E-state index contributed by atoms with van der Waals surface area (Å²) >= 11 is 0. The van der Waals surface area contributed by atoms with E-state index in [4.69, 9.17) is 5.73 Å². The second-order valence-electron chi connectivity index (χ2n) is 8.20. The van der Waals surface area contributed by atoms with E-state index in [0.29, 0.717) is 17.5 Å². The van der Waals surface area contributed by atoms with E-state index >= 15 is 0 Å². The van der Waals surface area contributed by atoms with E-state index in [2.05, 4.69) is 39.3 Å². The monoisotopic (exact) mass is 403 g/mol. The summed E-state index contributed by atoms with van der Waals surface area (Å²) in [7, 11) is 0. The minimum atomic E-state index is -0.416. The van der Waals surface area contributed by atoms with Gasteiger partial charge in [-0.25, -0.2) is 0 Å². The Morgan fingerprint density at radius 1 is 1.21 bits per heavy atom. The molecule has 1 atom stereocenters. The number of carbonyl (C=O) groups is 1. The fourth-order valence-corrected chi connectivity index (χ4v) is 4.28. The molecule has 2 aliphatic rings. The van der Waals surface area contributed by atoms with E-state index in [0.717, 1.165) is 50.4 Å². The summed E-state index contributed by atoms with van der Waals surface area (Å²) in [4.78, 5) is 25.2. The molecule has 0 aliphatic carbocycles. The summed E-state index contributed by atoms with van der Waals surface area (Å²) in [6.07, 6.45) is 8.78. The molecule has 0 aromatic carbocycles. The fourth-order valence-electron chi connectivity index (χ4n) is 4.28. The molecule has 162 valence electrons. The first kappa shape index (κ1) is 21.6. The normalized spacial score (nSPS) is 19.8. The van der Waals surface area contributed by atoms with E-state index < -0.39 is 6.17 Å². The molecule has 1 unspecified atom stereocenters. The van der Waals surface area contributed by atoms with E-state index in [1.165, 1.54) is 45.3 Å². The van der Waals surface area contributed by atoms with Crippen LogP contribution in [0.25, 0.3) is 0 Å². The van der Waals surface area contributed by atoms with E-state index in [-0.39, 0.29) is 0 Å². The van der Waals surface area contributed by atoms with E-state index in [9.17, 15) is 4.79 Å². The number of nitrogen functional groups attached to an aromatic ring is 1. The van der Waals surface area contributed by atoms with Crippen molar-refractivity contribution >= 4 is 29.6 Å². The lowest BCUT2D eigenvalue weighted by atomic mass is 9.91. The van der Waals surface area contributed by atoms with Crippen molar-refractivity contribution in [3.63, 3.8) is 0 Å². The zero-order chi connectivity index (χ0) is 20.6. The second-order valence-corrected chi connectivity index (χ2v) is 8.20. The Morgan fingerprint density at radius 2 is 2.00 bits per heavy atom. The number of likely N-dealkylation sites (tertiary alicyclic amines) is 1. The molecule has 8 nitrogen and oxygen atoms in total. The van der Waals surface area contributed by atoms with Gasteiger partial charge in [0.2, 0.25) is 5.95 Å². The van der Waals surface area contributed by atoms with Gasteiger partial charge in [0, 0.05) is 13.1 Å². The summed E-state index contributed by atoms with van der Waals surface area (Å²) in [5.74, 6) is 2.52. The third kappa shape index (κ3) is 5.50. The molecule has 0 amide bonds. The standard InChI is InChI=1S/C21H37N7O/c1-3-5-11-23-21-25-19(22)18-20(26-21)28(17(15-29)24-18)12-7-6-8-16-9-13-27(4-2)14-10-16/h15-17,24H,3-14H2,1-2H3,(H3,22,23,25,26). The van der Waals surface area contributed by atoms with Crippen LogP contribution in [0.2, 0.25) is 0 Å². The number of hydrogen-bond donors (Lipinski definition) is 3. The molecule has 0 bridgehead atoms. The van der Waals surface area contributed by atoms with Crippen LogP contribution in [-0.2, 0) is 4.79 Å². The van der Waals surface area contributed by atoms with E-state index in [1.54, 1.807) is 0 Å². The average molecular weight is 404 g/mol. The van der Waals surface area contributed by atoms with Crippen LogP contribution in [0.5, 0.6) is 0 Å². The lowest BCUT2D eigenvalue weighted by Crippen LogP contribution is -2.38. The van der Waals surface area contributed by atoms with Crippen molar-refractivity contribution in [2.75, 3.05) is 54.0 Å². The molecule has 0 saturated carbocycles. The number of piperidine rings is 1. The number of nitrogens with two attached hydrogens (primary N) is 1. The zero-order valence-corrected chi connectivity index (χ0v) is 18.0. The number of rotatable bonds is 11. The first-order valence-corrected chi connectivity index (χ1v) is 11.3. The van der Waals surface area contributed by atoms with Crippen molar-refractivity contribution in [1.29, 1.82) is 0 Å². The molecule has 1 aromatic rings. The summed E-state index contributed by atoms with van der Waals surface area (Å²) in [6, 6.07) is 0. The van der Waals surface area contributed by atoms with Crippen LogP contribution in [0.15, 0.2) is 0 Å². The second kappa shape index (κ2) is 10.6. The third-order valence-corrected chi connectivity index (χ3v) is 6.18. The topological polar surface area (TPSA) is 99.4 Å². The largest absolute Gasteiger partial charge is 0.382 e. The minimum Gasteiger partial charge on any atom is -0.382 e. The van der Waals surface area contributed by atoms with Crippen LogP contribution in [0.4, 0.5) is 23.3 Å². The van der Waals surface area contributed by atoms with Gasteiger partial charge in [-0.2, -0.15) is 9.97 Å². The summed E-state index contributed by atoms with van der Waals surface area (Å²) in [5.41, 5.74) is 6.81. The van der Waals surface area contributed by atoms with Crippen molar-refractivity contribution in [2.45, 2.75) is 65.0 Å². The average Bonchev–Trinajstić information content (AvgIpc) is 3.10. The molecule has 3 rings (SSSR count). The molecular formula is C21H37N7O. The van der Waals surface area contributed by atoms with Crippen molar-refractivity contribution in [1.82, 2.24) is 14.9 Å². The van der Waals surface area contributed by atoms with Crippen molar-refractivity contribution in [2.24, 2.45) is 5.92 Å². The highest BCUT2D eigenvalue weighted by molar-refractivity contribution is 5.88. The molecule has 0 radical (unpaired) electrons. The van der Waals surface area contributed by atoms with Gasteiger partial charge < -0.3 is 26.2 Å². The maximum absolute atomic E-state index is 11.6. The highest BCUT2D eigenvalue weighted by Crippen LogP contribution is 2.37. The Bertz CT molecular complexity index is 661. The molecule has 1 saturated heterocycles. The minimum absolute atomic E-state index is 0.394. The highest BCUT2D eigenvalue weighted by Gasteiger charge is 2.32. The molecule has 1 fully saturated rings. The van der Waals surface area contributed by atoms with E-state index in [1.807, 2.05) is 4.90 Å². The van der Waals surface area contributed by atoms with Gasteiger partial charge in [-0.3, -0.25) is 4.79 Å². The first-order valence-electron chi connectivity index (χ1n) is 11.3. The van der Waals surface area contributed by atoms with Gasteiger partial charge in [-0.15, -0.1) is 0 Å². The number of nitrogens with one attached hydrogen (secondary N) is 2. The highest BCUT2D eigenvalue weighted by atomic mass is 16.1. The van der Waals surface area contributed by atoms with Gasteiger partial charge in [0.1, 0.15) is 5.69 Å². The summed E-state index contributed by atoms with van der Waals surface area (Å²) < 4.78 is 0. The molecule has 3 heterocycles. The Kier molecular flexibility index (Phi) is 7.91. The number of carbonyl (C=O) groups excluding carboxylic acids is 1. The van der Waals surface area contributed by atoms with Crippen LogP contribution < -0.4 is 21.3 Å². The predicted octanol–water partition coefficient (Wildman–Crippen LogP) is 2.93. The molecule has 8 heteroatoms. The maximum Gasteiger partial charge on any atom is 0.226 e. The van der Waals surface area contributed by atoms with Crippen LogP contribution in [-0.4, -0.2) is 60.0 Å². The lowest BCUT2D eigenvalue weighted by molar-refractivity contribution is -0.108. The van der Waals surface area contributed by atoms with Gasteiger partial charge in [0.05, 0.1) is 0 Å². The lowest BCUT2D eigenvalue weighted by Gasteiger charge is -2.31. The number of fused-ring (bicyclic) bond motifs is 1. The van der Waals surface area contributed by atoms with Gasteiger partial charge in [-0.05, 0) is 51.2 Å². The SMILES string of the molecule is CCCCNc1nc(N)c2c(n1)N(CCCCC1CCN(CC)CC1)C(C=O)N2. The fraction of sp³-hybridized carbons (Fsp3) is 0.762. The molecule has 29 heavy (non-hydrogen) atoms. The van der Waals surface area contributed by atoms with Crippen molar-refractivity contribution < 1.29 is 4.79 Å². The number of anilines is 4. The number of unbranched alkanes of at least 4 members (excludes halogenated alkanes) is 2. The van der Waals surface area contributed by atoms with Gasteiger partial charge >= 0.3 is 0 Å². The molecule has 1 aromatic heterocycles. The Labute approximate surface area is 174 Å². The summed E-state index contributed by atoms with van der Waals surface area (Å²) in [6.45, 7) is 9.64. The maximum atomic E-state index is 11.6. The zero-order valence-electron chi connectivity index (χ0n) is 18.0. The Balaban J connectivity index is 1.54. The Morgan fingerprint density at radius 3 is 2.69 bits per heavy atom. The van der Waals surface area contributed by atoms with Gasteiger partial charge in [0.25, 0.3) is 0 Å². The van der Waals surface area contributed by atoms with Crippen LogP contribution in [0.1, 0.15) is 58.8 Å². The summed E-state index contributed by atoms with van der Waals surface area (Å²) in [5, 5.41) is 6.41. The number of hydrogen-bond acceptors (Lipinski definition) is 8. The van der Waals surface area contributed by atoms with Crippen LogP contribution >= 0.6 is 0 Å². The third-order valence-electron chi connectivity index (χ3n) is 6.18. The number of aromatic nitrogens is 2. The predicted molar refractivity (Wildman–Crippen MR) is 119 cm³/mol. The molecule has 4 N–H and O–H groups in total. The van der Waals surface area contributed by atoms with Crippen LogP contribution in [0, 0.1) is 5.92 Å². The Hall–Kier alpha value is -2.09. The van der Waals surface area contributed by atoms with Crippen molar-refractivity contribution in [3.8, 4) is 0 Å². The quantitative estimate of drug-likeness (QED) is 0.383. The van der Waals surface area contributed by atoms with Crippen molar-refractivity contribution in [3.05, 3.63) is 0 Å². The van der Waals surface area contributed by atoms with Crippen LogP contribution in [0.3, 0.4) is 0 Å². The van der Waals surface area contributed by atoms with Gasteiger partial charge in [0.15, 0.2) is 24.1 Å². The molecular weight excluding hydrogens is 366 g/mol. The first-order chi connectivity index (χ1) is 14.2. The molecule has 0 spiro atoms.